The zero-order valence-electron chi connectivity index (χ0n) is 10.9. The Morgan fingerprint density at radius 1 is 1.44 bits per heavy atom. The molecule has 0 aromatic rings. The fourth-order valence-electron chi connectivity index (χ4n) is 3.14. The highest BCUT2D eigenvalue weighted by Crippen LogP contribution is 2.31. The first kappa shape index (κ1) is 13.7. The van der Waals surface area contributed by atoms with Gasteiger partial charge in [0, 0.05) is 18.0 Å². The average molecular weight is 253 g/mol. The maximum atomic E-state index is 9.55. The summed E-state index contributed by atoms with van der Waals surface area (Å²) in [6.45, 7) is 3.14. The minimum atomic E-state index is -1.38. The van der Waals surface area contributed by atoms with E-state index in [2.05, 4.69) is 11.8 Å². The second-order valence-electron chi connectivity index (χ2n) is 5.18. The summed E-state index contributed by atoms with van der Waals surface area (Å²) in [7, 11) is 0. The number of aliphatic hydroxyl groups excluding tert-OH is 2. The van der Waals surface area contributed by atoms with Crippen molar-refractivity contribution in [1.82, 2.24) is 4.90 Å². The molecule has 0 radical (unpaired) electrons. The summed E-state index contributed by atoms with van der Waals surface area (Å²) in [5, 5.41) is 28.2. The van der Waals surface area contributed by atoms with Crippen LogP contribution >= 0.6 is 0 Å². The van der Waals surface area contributed by atoms with Crippen LogP contribution in [0.5, 0.6) is 0 Å². The molecule has 3 unspecified atom stereocenters. The predicted octanol–water partition coefficient (Wildman–Crippen LogP) is 0.645. The first-order valence-electron chi connectivity index (χ1n) is 6.79. The van der Waals surface area contributed by atoms with Gasteiger partial charge in [0.05, 0.1) is 6.61 Å². The Bertz CT molecular complexity index is 338. The number of hydrogen-bond acceptors (Lipinski definition) is 4. The SMILES string of the molecule is CCC1CCCN1C1C=CC(CO)=CC1C(O)O. The molecule has 0 spiro atoms. The lowest BCUT2D eigenvalue weighted by atomic mass is 9.89. The number of rotatable bonds is 4. The highest BCUT2D eigenvalue weighted by atomic mass is 16.5. The summed E-state index contributed by atoms with van der Waals surface area (Å²) >= 11 is 0. The quantitative estimate of drug-likeness (QED) is 0.644. The normalized spacial score (nSPS) is 33.2. The lowest BCUT2D eigenvalue weighted by molar-refractivity contribution is -0.0875. The van der Waals surface area contributed by atoms with Crippen LogP contribution < -0.4 is 0 Å². The Morgan fingerprint density at radius 3 is 2.83 bits per heavy atom. The molecule has 0 aromatic heterocycles. The van der Waals surface area contributed by atoms with Crippen molar-refractivity contribution in [2.45, 2.75) is 44.6 Å². The fourth-order valence-corrected chi connectivity index (χ4v) is 3.14. The molecule has 2 rings (SSSR count). The number of hydrogen-bond donors (Lipinski definition) is 3. The summed E-state index contributed by atoms with van der Waals surface area (Å²) in [5.41, 5.74) is 0.761. The Hall–Kier alpha value is -0.680. The van der Waals surface area contributed by atoms with Crippen LogP contribution in [0.15, 0.2) is 23.8 Å². The van der Waals surface area contributed by atoms with E-state index >= 15 is 0 Å². The zero-order chi connectivity index (χ0) is 13.1. The van der Waals surface area contributed by atoms with E-state index in [4.69, 9.17) is 5.11 Å². The van der Waals surface area contributed by atoms with E-state index in [0.29, 0.717) is 6.04 Å². The van der Waals surface area contributed by atoms with E-state index in [1.807, 2.05) is 12.2 Å². The van der Waals surface area contributed by atoms with Crippen LogP contribution in [-0.2, 0) is 0 Å². The van der Waals surface area contributed by atoms with Crippen LogP contribution in [0.4, 0.5) is 0 Å². The largest absolute Gasteiger partial charge is 0.392 e. The second kappa shape index (κ2) is 5.97. The first-order chi connectivity index (χ1) is 8.67. The van der Waals surface area contributed by atoms with Gasteiger partial charge in [0.1, 0.15) is 0 Å². The topological polar surface area (TPSA) is 63.9 Å². The summed E-state index contributed by atoms with van der Waals surface area (Å²) in [6, 6.07) is 0.567. The first-order valence-corrected chi connectivity index (χ1v) is 6.79. The molecule has 1 saturated heterocycles. The van der Waals surface area contributed by atoms with Gasteiger partial charge in [0.2, 0.25) is 0 Å². The van der Waals surface area contributed by atoms with Crippen molar-refractivity contribution in [3.05, 3.63) is 23.8 Å². The van der Waals surface area contributed by atoms with Gasteiger partial charge in [0.25, 0.3) is 0 Å². The summed E-state index contributed by atoms with van der Waals surface area (Å²) in [4.78, 5) is 2.37. The van der Waals surface area contributed by atoms with E-state index in [0.717, 1.165) is 18.5 Å². The van der Waals surface area contributed by atoms with Crippen LogP contribution in [0.2, 0.25) is 0 Å². The van der Waals surface area contributed by atoms with Gasteiger partial charge in [0.15, 0.2) is 6.29 Å². The molecule has 0 aromatic carbocycles. The lowest BCUT2D eigenvalue weighted by Gasteiger charge is -2.37. The molecule has 0 saturated carbocycles. The molecule has 18 heavy (non-hydrogen) atoms. The van der Waals surface area contributed by atoms with E-state index in [9.17, 15) is 10.2 Å². The van der Waals surface area contributed by atoms with Gasteiger partial charge in [-0.05, 0) is 31.4 Å². The maximum Gasteiger partial charge on any atom is 0.159 e. The lowest BCUT2D eigenvalue weighted by Crippen LogP contribution is -2.46. The van der Waals surface area contributed by atoms with Gasteiger partial charge in [-0.1, -0.05) is 25.2 Å². The second-order valence-corrected chi connectivity index (χ2v) is 5.18. The van der Waals surface area contributed by atoms with Crippen molar-refractivity contribution in [1.29, 1.82) is 0 Å². The molecular formula is C14H23NO3. The maximum absolute atomic E-state index is 9.55. The third-order valence-electron chi connectivity index (χ3n) is 4.11. The zero-order valence-corrected chi connectivity index (χ0v) is 10.9. The molecule has 3 N–H and O–H groups in total. The van der Waals surface area contributed by atoms with Crippen LogP contribution in [0.25, 0.3) is 0 Å². The van der Waals surface area contributed by atoms with Crippen molar-refractivity contribution < 1.29 is 15.3 Å². The minimum absolute atomic E-state index is 0.0350. The van der Waals surface area contributed by atoms with E-state index in [1.54, 1.807) is 6.08 Å². The number of aliphatic hydroxyl groups is 3. The molecule has 2 aliphatic rings. The van der Waals surface area contributed by atoms with Gasteiger partial charge >= 0.3 is 0 Å². The Balaban J connectivity index is 2.17. The predicted molar refractivity (Wildman–Crippen MR) is 69.8 cm³/mol. The molecule has 102 valence electrons. The van der Waals surface area contributed by atoms with Gasteiger partial charge < -0.3 is 15.3 Å². The van der Waals surface area contributed by atoms with Gasteiger partial charge in [-0.15, -0.1) is 0 Å². The Kier molecular flexibility index (Phi) is 4.56. The van der Waals surface area contributed by atoms with Crippen LogP contribution in [0, 0.1) is 5.92 Å². The molecule has 0 amide bonds. The van der Waals surface area contributed by atoms with Crippen molar-refractivity contribution in [3.63, 3.8) is 0 Å². The summed E-state index contributed by atoms with van der Waals surface area (Å²) in [6.07, 6.45) is 7.77. The summed E-state index contributed by atoms with van der Waals surface area (Å²) < 4.78 is 0. The van der Waals surface area contributed by atoms with E-state index < -0.39 is 6.29 Å². The van der Waals surface area contributed by atoms with Gasteiger partial charge in [-0.3, -0.25) is 4.90 Å². The fraction of sp³-hybridized carbons (Fsp3) is 0.714. The van der Waals surface area contributed by atoms with Crippen LogP contribution in [-0.4, -0.2) is 51.7 Å². The van der Waals surface area contributed by atoms with Crippen molar-refractivity contribution >= 4 is 0 Å². The van der Waals surface area contributed by atoms with E-state index in [1.165, 1.54) is 12.8 Å². The smallest absolute Gasteiger partial charge is 0.159 e. The molecule has 4 heteroatoms. The number of likely N-dealkylation sites (tertiary alicyclic amines) is 1. The third-order valence-corrected chi connectivity index (χ3v) is 4.11. The Labute approximate surface area is 108 Å². The number of nitrogens with zero attached hydrogens (tertiary/aromatic N) is 1. The molecule has 0 bridgehead atoms. The molecule has 3 atom stereocenters. The third kappa shape index (κ3) is 2.67. The van der Waals surface area contributed by atoms with Crippen molar-refractivity contribution in [2.24, 2.45) is 5.92 Å². The summed E-state index contributed by atoms with van der Waals surface area (Å²) in [5.74, 6) is -0.343. The standard InChI is InChI=1S/C14H23NO3/c1-2-11-4-3-7-15(11)13-6-5-10(9-16)8-12(13)14(17)18/h5-6,8,11-14,16-18H,2-4,7,9H2,1H3. The highest BCUT2D eigenvalue weighted by molar-refractivity contribution is 5.28. The van der Waals surface area contributed by atoms with Gasteiger partial charge in [-0.25, -0.2) is 0 Å². The highest BCUT2D eigenvalue weighted by Gasteiger charge is 2.36. The molecule has 1 aliphatic carbocycles. The molecule has 1 fully saturated rings. The molecule has 4 nitrogen and oxygen atoms in total. The molecular weight excluding hydrogens is 230 g/mol. The minimum Gasteiger partial charge on any atom is -0.392 e. The van der Waals surface area contributed by atoms with E-state index in [-0.39, 0.29) is 18.6 Å². The van der Waals surface area contributed by atoms with Gasteiger partial charge in [-0.2, -0.15) is 0 Å². The van der Waals surface area contributed by atoms with Crippen LogP contribution in [0.3, 0.4) is 0 Å². The molecule has 1 aliphatic heterocycles. The monoisotopic (exact) mass is 253 g/mol. The molecule has 1 heterocycles. The average Bonchev–Trinajstić information content (AvgIpc) is 2.86. The van der Waals surface area contributed by atoms with Crippen LogP contribution in [0.1, 0.15) is 26.2 Å². The Morgan fingerprint density at radius 2 is 2.22 bits per heavy atom. The van der Waals surface area contributed by atoms with Crippen molar-refractivity contribution in [2.75, 3.05) is 13.2 Å². The van der Waals surface area contributed by atoms with Crippen molar-refractivity contribution in [3.8, 4) is 0 Å².